The van der Waals surface area contributed by atoms with Crippen molar-refractivity contribution in [1.29, 1.82) is 0 Å². The number of rotatable bonds is 10. The first-order valence-corrected chi connectivity index (χ1v) is 13.7. The number of ketones is 2. The van der Waals surface area contributed by atoms with Crippen LogP contribution in [0.3, 0.4) is 0 Å². The van der Waals surface area contributed by atoms with Crippen LogP contribution in [-0.2, 0) is 4.79 Å². The minimum absolute atomic E-state index is 0.0879. The van der Waals surface area contributed by atoms with Crippen LogP contribution in [0.4, 0.5) is 17.6 Å². The molecule has 0 unspecified atom stereocenters. The minimum Gasteiger partial charge on any atom is -0.481 e. The van der Waals surface area contributed by atoms with Crippen LogP contribution in [0.5, 0.6) is 11.5 Å². The number of carbonyl (C=O) groups excluding carboxylic acids is 3. The topological polar surface area (TPSA) is 119 Å². The second-order valence-corrected chi connectivity index (χ2v) is 10.1. The summed E-state index contributed by atoms with van der Waals surface area (Å²) in [6, 6.07) is 24.3. The molecule has 0 fully saturated rings. The third-order valence-corrected chi connectivity index (χ3v) is 6.90. The molecule has 2 N–H and O–H groups in total. The van der Waals surface area contributed by atoms with Crippen LogP contribution < -0.4 is 14.8 Å². The molecule has 0 saturated heterocycles. The summed E-state index contributed by atoms with van der Waals surface area (Å²) in [6.45, 7) is -0.0945. The largest absolute Gasteiger partial charge is 0.507 e. The number of carboxylic acids is 1. The first kappa shape index (κ1) is 31.6. The van der Waals surface area contributed by atoms with Crippen molar-refractivity contribution in [3.05, 3.63) is 125 Å². The predicted molar refractivity (Wildman–Crippen MR) is 157 cm³/mol. The number of aliphatic carboxylic acids is 1. The monoisotopic (exact) mass is 633 g/mol. The number of hydrogen-bond donors (Lipinski definition) is 2. The summed E-state index contributed by atoms with van der Waals surface area (Å²) in [4.78, 5) is 50.2. The summed E-state index contributed by atoms with van der Waals surface area (Å²) >= 11 is 0. The summed E-state index contributed by atoms with van der Waals surface area (Å²) in [6.07, 6.45) is -9.19. The molecule has 1 aliphatic heterocycles. The Hall–Kier alpha value is -5.78. The Morgan fingerprint density at radius 1 is 0.674 bits per heavy atom. The van der Waals surface area contributed by atoms with Crippen molar-refractivity contribution >= 4 is 29.0 Å². The van der Waals surface area contributed by atoms with Gasteiger partial charge in [0.15, 0.2) is 23.1 Å². The second kappa shape index (κ2) is 12.7. The van der Waals surface area contributed by atoms with Crippen LogP contribution >= 0.6 is 0 Å². The second-order valence-electron chi connectivity index (χ2n) is 10.1. The third kappa shape index (κ3) is 6.80. The number of carboxylic acid groups (broad SMARTS) is 1. The van der Waals surface area contributed by atoms with Crippen LogP contribution in [0.25, 0.3) is 16.7 Å². The van der Waals surface area contributed by atoms with Gasteiger partial charge >= 0.3 is 18.2 Å². The Morgan fingerprint density at radius 2 is 1.22 bits per heavy atom. The quantitative estimate of drug-likeness (QED) is 0.114. The van der Waals surface area contributed by atoms with Crippen molar-refractivity contribution in [2.24, 2.45) is 0 Å². The van der Waals surface area contributed by atoms with E-state index < -0.39 is 47.2 Å². The van der Waals surface area contributed by atoms with Crippen LogP contribution in [-0.4, -0.2) is 47.3 Å². The normalized spacial score (nSPS) is 14.7. The van der Waals surface area contributed by atoms with Gasteiger partial charge in [0.2, 0.25) is 0 Å². The first-order valence-electron chi connectivity index (χ1n) is 13.7. The molecule has 0 aliphatic carbocycles. The Kier molecular flexibility index (Phi) is 8.72. The first-order chi connectivity index (χ1) is 21.8. The number of nitrogens with one attached hydrogen (secondary N) is 1. The van der Waals surface area contributed by atoms with Crippen LogP contribution in [0.1, 0.15) is 43.1 Å². The van der Waals surface area contributed by atoms with Crippen molar-refractivity contribution < 1.29 is 51.3 Å². The van der Waals surface area contributed by atoms with Gasteiger partial charge < -0.3 is 19.9 Å². The van der Waals surface area contributed by atoms with Gasteiger partial charge in [0.25, 0.3) is 5.91 Å². The van der Waals surface area contributed by atoms with E-state index >= 15 is 0 Å². The van der Waals surface area contributed by atoms with E-state index in [2.05, 4.69) is 14.8 Å². The zero-order chi connectivity index (χ0) is 33.1. The molecular formula is C34H23F4NO7. The Labute approximate surface area is 258 Å². The number of alkyl halides is 4. The standard InChI is InChI=1S/C34H23F4NO7/c35-33(36)34(37,38)46-29-18-25(14-15-28(29)45-33)27(40)19-26(22-8-6-21(7-9-22)20-4-2-1-3-5-20)31(43)23-10-12-24(13-11-23)32(44)39-17-16-30(41)42/h1-15,18-19H,16-17H2,(H,39,44)(H,41,42). The molecule has 0 saturated carbocycles. The van der Waals surface area contributed by atoms with Crippen molar-refractivity contribution in [1.82, 2.24) is 5.32 Å². The highest BCUT2D eigenvalue weighted by atomic mass is 19.3. The molecule has 12 heteroatoms. The number of benzene rings is 4. The lowest BCUT2D eigenvalue weighted by atomic mass is 9.92. The van der Waals surface area contributed by atoms with E-state index in [-0.39, 0.29) is 35.2 Å². The minimum atomic E-state index is -4.99. The van der Waals surface area contributed by atoms with E-state index in [1.165, 1.54) is 24.3 Å². The van der Waals surface area contributed by atoms with Gasteiger partial charge in [0.05, 0.1) is 6.42 Å². The van der Waals surface area contributed by atoms with Gasteiger partial charge in [0.1, 0.15) is 0 Å². The van der Waals surface area contributed by atoms with Gasteiger partial charge in [-0.1, -0.05) is 66.7 Å². The van der Waals surface area contributed by atoms with Gasteiger partial charge in [-0.05, 0) is 53.1 Å². The average molecular weight is 634 g/mol. The van der Waals surface area contributed by atoms with Crippen LogP contribution in [0.2, 0.25) is 0 Å². The summed E-state index contributed by atoms with van der Waals surface area (Å²) in [7, 11) is 0. The van der Waals surface area contributed by atoms with E-state index in [4.69, 9.17) is 5.11 Å². The maximum Gasteiger partial charge on any atom is 0.507 e. The lowest BCUT2D eigenvalue weighted by molar-refractivity contribution is -0.391. The highest BCUT2D eigenvalue weighted by Gasteiger charge is 2.66. The van der Waals surface area contributed by atoms with Crippen LogP contribution in [0.15, 0.2) is 103 Å². The fraction of sp³-hybridized carbons (Fsp3) is 0.118. The molecule has 0 radical (unpaired) electrons. The Balaban J connectivity index is 1.47. The maximum atomic E-state index is 13.8. The summed E-state index contributed by atoms with van der Waals surface area (Å²) in [5, 5.41) is 11.2. The average Bonchev–Trinajstić information content (AvgIpc) is 3.03. The molecule has 0 atom stereocenters. The van der Waals surface area contributed by atoms with Gasteiger partial charge in [-0.15, -0.1) is 0 Å². The number of amides is 1. The number of carbonyl (C=O) groups is 4. The summed E-state index contributed by atoms with van der Waals surface area (Å²) in [5.41, 5.74) is 1.98. The molecule has 0 spiro atoms. The molecule has 1 amide bonds. The lowest BCUT2D eigenvalue weighted by Gasteiger charge is -2.31. The molecule has 1 heterocycles. The van der Waals surface area contributed by atoms with E-state index in [1.54, 1.807) is 24.3 Å². The fourth-order valence-electron chi connectivity index (χ4n) is 4.50. The molecule has 4 aromatic rings. The van der Waals surface area contributed by atoms with Gasteiger partial charge in [-0.25, -0.2) is 0 Å². The van der Waals surface area contributed by atoms with Gasteiger partial charge in [-0.2, -0.15) is 17.6 Å². The molecular weight excluding hydrogens is 610 g/mol. The molecule has 5 rings (SSSR count). The van der Waals surface area contributed by atoms with E-state index in [1.807, 2.05) is 30.3 Å². The number of hydrogen-bond acceptors (Lipinski definition) is 6. The molecule has 46 heavy (non-hydrogen) atoms. The van der Waals surface area contributed by atoms with Crippen LogP contribution in [0, 0.1) is 0 Å². The maximum absolute atomic E-state index is 13.8. The van der Waals surface area contributed by atoms with Crippen molar-refractivity contribution in [2.75, 3.05) is 6.54 Å². The Bertz CT molecular complexity index is 1840. The number of allylic oxidation sites excluding steroid dienone is 2. The fourth-order valence-corrected chi connectivity index (χ4v) is 4.50. The smallest absolute Gasteiger partial charge is 0.481 e. The zero-order valence-electron chi connectivity index (χ0n) is 23.6. The predicted octanol–water partition coefficient (Wildman–Crippen LogP) is 6.66. The Morgan fingerprint density at radius 3 is 1.85 bits per heavy atom. The third-order valence-electron chi connectivity index (χ3n) is 6.90. The molecule has 1 aliphatic rings. The van der Waals surface area contributed by atoms with E-state index in [9.17, 15) is 36.7 Å². The van der Waals surface area contributed by atoms with Crippen molar-refractivity contribution in [2.45, 2.75) is 18.6 Å². The number of fused-ring (bicyclic) bond motifs is 1. The number of ether oxygens (including phenoxy) is 2. The summed E-state index contributed by atoms with van der Waals surface area (Å²) in [5.74, 6) is -4.56. The lowest BCUT2D eigenvalue weighted by Crippen LogP contribution is -2.52. The molecule has 0 bridgehead atoms. The molecule has 4 aromatic carbocycles. The van der Waals surface area contributed by atoms with Crippen molar-refractivity contribution in [3.8, 4) is 22.6 Å². The number of Topliss-reactive ketones (excluding diaryl/α,β-unsaturated/α-hetero) is 1. The summed E-state index contributed by atoms with van der Waals surface area (Å²) < 4.78 is 62.9. The van der Waals surface area contributed by atoms with Gasteiger partial charge in [-0.3, -0.25) is 19.2 Å². The van der Waals surface area contributed by atoms with E-state index in [0.29, 0.717) is 5.56 Å². The molecule has 8 nitrogen and oxygen atoms in total. The zero-order valence-corrected chi connectivity index (χ0v) is 23.6. The van der Waals surface area contributed by atoms with E-state index in [0.717, 1.165) is 35.4 Å². The van der Waals surface area contributed by atoms with Crippen molar-refractivity contribution in [3.63, 3.8) is 0 Å². The highest BCUT2D eigenvalue weighted by Crippen LogP contribution is 2.47. The molecule has 234 valence electrons. The number of halogens is 4. The molecule has 0 aromatic heterocycles. The van der Waals surface area contributed by atoms with Gasteiger partial charge in [0, 0.05) is 28.8 Å². The SMILES string of the molecule is O=C(O)CCNC(=O)c1ccc(C(=O)C(=CC(=O)c2ccc3c(c2)OC(F)(F)C(F)(F)O3)c2ccc(-c3ccccc3)cc2)cc1. The highest BCUT2D eigenvalue weighted by molar-refractivity contribution is 6.32.